The van der Waals surface area contributed by atoms with Gasteiger partial charge in [-0.25, -0.2) is 0 Å². The van der Waals surface area contributed by atoms with Crippen molar-refractivity contribution in [2.75, 3.05) is 12.3 Å². The van der Waals surface area contributed by atoms with Gasteiger partial charge in [-0.2, -0.15) is 0 Å². The van der Waals surface area contributed by atoms with Crippen LogP contribution >= 0.6 is 35.0 Å². The number of halogens is 2. The monoisotopic (exact) mass is 289 g/mol. The quantitative estimate of drug-likeness (QED) is 0.776. The number of hydrogen-bond donors (Lipinski definition) is 1. The first-order chi connectivity index (χ1) is 8.20. The molecule has 0 spiro atoms. The van der Waals surface area contributed by atoms with E-state index in [2.05, 4.69) is 12.2 Å². The molecular formula is C13H17Cl2NS. The first kappa shape index (κ1) is 13.5. The van der Waals surface area contributed by atoms with Crippen LogP contribution in [0.4, 0.5) is 0 Å². The summed E-state index contributed by atoms with van der Waals surface area (Å²) in [6.45, 7) is 3.21. The Labute approximate surface area is 117 Å². The van der Waals surface area contributed by atoms with Crippen molar-refractivity contribution in [3.8, 4) is 0 Å². The lowest BCUT2D eigenvalue weighted by atomic mass is 10.2. The van der Waals surface area contributed by atoms with Crippen molar-refractivity contribution in [1.29, 1.82) is 0 Å². The van der Waals surface area contributed by atoms with Gasteiger partial charge in [-0.05, 0) is 43.5 Å². The molecule has 1 aliphatic carbocycles. The molecule has 1 saturated carbocycles. The van der Waals surface area contributed by atoms with E-state index in [1.807, 2.05) is 30.0 Å². The summed E-state index contributed by atoms with van der Waals surface area (Å²) in [5.41, 5.74) is 0. The van der Waals surface area contributed by atoms with Crippen LogP contribution in [-0.2, 0) is 0 Å². The van der Waals surface area contributed by atoms with Crippen molar-refractivity contribution in [2.24, 2.45) is 5.92 Å². The molecule has 1 aliphatic rings. The van der Waals surface area contributed by atoms with Crippen LogP contribution in [-0.4, -0.2) is 18.3 Å². The van der Waals surface area contributed by atoms with Crippen molar-refractivity contribution in [2.45, 2.75) is 30.7 Å². The number of benzene rings is 1. The molecule has 0 radical (unpaired) electrons. The summed E-state index contributed by atoms with van der Waals surface area (Å²) in [7, 11) is 0. The van der Waals surface area contributed by atoms with E-state index in [9.17, 15) is 0 Å². The van der Waals surface area contributed by atoms with Crippen molar-refractivity contribution in [3.05, 3.63) is 28.2 Å². The zero-order valence-corrected chi connectivity index (χ0v) is 12.2. The Balaban J connectivity index is 1.89. The largest absolute Gasteiger partial charge is 0.313 e. The van der Waals surface area contributed by atoms with E-state index in [0.29, 0.717) is 16.1 Å². The highest BCUT2D eigenvalue weighted by molar-refractivity contribution is 7.99. The molecule has 4 heteroatoms. The number of nitrogens with one attached hydrogen (secondary N) is 1. The van der Waals surface area contributed by atoms with E-state index in [4.69, 9.17) is 23.2 Å². The fraction of sp³-hybridized carbons (Fsp3) is 0.538. The summed E-state index contributed by atoms with van der Waals surface area (Å²) < 4.78 is 0. The third-order valence-corrected chi connectivity index (χ3v) is 4.83. The fourth-order valence-corrected chi connectivity index (χ4v) is 3.37. The van der Waals surface area contributed by atoms with Crippen molar-refractivity contribution < 1.29 is 0 Å². The van der Waals surface area contributed by atoms with E-state index in [0.717, 1.165) is 18.2 Å². The molecule has 0 aliphatic heterocycles. The molecule has 0 aromatic heterocycles. The van der Waals surface area contributed by atoms with Gasteiger partial charge in [0, 0.05) is 16.7 Å². The second-order valence-corrected chi connectivity index (χ2v) is 6.30. The number of hydrogen-bond acceptors (Lipinski definition) is 2. The predicted octanol–water partition coefficient (Wildman–Crippen LogP) is 4.47. The fourth-order valence-electron chi connectivity index (χ4n) is 1.88. The van der Waals surface area contributed by atoms with Gasteiger partial charge in [0.2, 0.25) is 0 Å². The second-order valence-electron chi connectivity index (χ2n) is 4.39. The average Bonchev–Trinajstić information content (AvgIpc) is 3.13. The van der Waals surface area contributed by atoms with Crippen LogP contribution in [0.1, 0.15) is 19.8 Å². The lowest BCUT2D eigenvalue weighted by molar-refractivity contribution is 0.519. The van der Waals surface area contributed by atoms with Gasteiger partial charge in [0.25, 0.3) is 0 Å². The van der Waals surface area contributed by atoms with Crippen molar-refractivity contribution in [3.63, 3.8) is 0 Å². The third-order valence-electron chi connectivity index (χ3n) is 2.98. The van der Waals surface area contributed by atoms with E-state index < -0.39 is 0 Å². The van der Waals surface area contributed by atoms with Gasteiger partial charge >= 0.3 is 0 Å². The van der Waals surface area contributed by atoms with Crippen LogP contribution in [0.5, 0.6) is 0 Å². The van der Waals surface area contributed by atoms with Crippen molar-refractivity contribution >= 4 is 35.0 Å². The molecule has 2 rings (SSSR count). The summed E-state index contributed by atoms with van der Waals surface area (Å²) in [6, 6.07) is 6.49. The third kappa shape index (κ3) is 4.06. The lowest BCUT2D eigenvalue weighted by Gasteiger charge is -2.16. The van der Waals surface area contributed by atoms with E-state index in [1.165, 1.54) is 17.7 Å². The summed E-state index contributed by atoms with van der Waals surface area (Å²) in [5.74, 6) is 1.99. The number of thioether (sulfide) groups is 1. The highest BCUT2D eigenvalue weighted by Gasteiger charge is 2.30. The molecule has 1 fully saturated rings. The van der Waals surface area contributed by atoms with Gasteiger partial charge in [0.15, 0.2) is 0 Å². The van der Waals surface area contributed by atoms with Gasteiger partial charge in [-0.15, -0.1) is 11.8 Å². The number of rotatable bonds is 6. The predicted molar refractivity (Wildman–Crippen MR) is 77.4 cm³/mol. The molecular weight excluding hydrogens is 273 g/mol. The smallest absolute Gasteiger partial charge is 0.0603 e. The van der Waals surface area contributed by atoms with Gasteiger partial charge in [-0.3, -0.25) is 0 Å². The molecule has 17 heavy (non-hydrogen) atoms. The van der Waals surface area contributed by atoms with Crippen LogP contribution in [0.15, 0.2) is 23.1 Å². The Morgan fingerprint density at radius 1 is 1.35 bits per heavy atom. The maximum atomic E-state index is 6.00. The highest BCUT2D eigenvalue weighted by atomic mass is 35.5. The molecule has 0 heterocycles. The molecule has 1 unspecified atom stereocenters. The van der Waals surface area contributed by atoms with E-state index in [1.54, 1.807) is 0 Å². The second kappa shape index (κ2) is 6.33. The van der Waals surface area contributed by atoms with E-state index in [-0.39, 0.29) is 0 Å². The van der Waals surface area contributed by atoms with Gasteiger partial charge in [-0.1, -0.05) is 30.1 Å². The Bertz CT molecular complexity index is 380. The van der Waals surface area contributed by atoms with Crippen LogP contribution in [0.2, 0.25) is 10.0 Å². The standard InChI is InChI=1S/C13H17Cl2NS/c1-2-16-13(9-3-4-9)8-17-10-5-6-11(14)12(15)7-10/h5-7,9,13,16H,2-4,8H2,1H3. The average molecular weight is 290 g/mol. The van der Waals surface area contributed by atoms with Crippen LogP contribution < -0.4 is 5.32 Å². The molecule has 0 bridgehead atoms. The lowest BCUT2D eigenvalue weighted by Crippen LogP contribution is -2.33. The Morgan fingerprint density at radius 2 is 2.12 bits per heavy atom. The summed E-state index contributed by atoms with van der Waals surface area (Å²) in [6.07, 6.45) is 2.75. The summed E-state index contributed by atoms with van der Waals surface area (Å²) >= 11 is 13.8. The maximum absolute atomic E-state index is 6.00. The molecule has 1 N–H and O–H groups in total. The zero-order chi connectivity index (χ0) is 12.3. The van der Waals surface area contributed by atoms with Crippen LogP contribution in [0.25, 0.3) is 0 Å². The van der Waals surface area contributed by atoms with Crippen LogP contribution in [0.3, 0.4) is 0 Å². The Hall–Kier alpha value is 0.110. The molecule has 0 saturated heterocycles. The molecule has 0 amide bonds. The first-order valence-electron chi connectivity index (χ1n) is 6.02. The maximum Gasteiger partial charge on any atom is 0.0603 e. The normalized spacial score (nSPS) is 17.1. The van der Waals surface area contributed by atoms with E-state index >= 15 is 0 Å². The zero-order valence-electron chi connectivity index (χ0n) is 9.88. The highest BCUT2D eigenvalue weighted by Crippen LogP contribution is 2.36. The first-order valence-corrected chi connectivity index (χ1v) is 7.76. The van der Waals surface area contributed by atoms with Gasteiger partial charge in [0.05, 0.1) is 10.0 Å². The SMILES string of the molecule is CCNC(CSc1ccc(Cl)c(Cl)c1)C1CC1. The Kier molecular flexibility index (Phi) is 5.04. The molecule has 1 nitrogen and oxygen atoms in total. The summed E-state index contributed by atoms with van der Waals surface area (Å²) in [4.78, 5) is 1.20. The summed E-state index contributed by atoms with van der Waals surface area (Å²) in [5, 5.41) is 4.83. The molecule has 1 aromatic carbocycles. The van der Waals surface area contributed by atoms with Crippen molar-refractivity contribution in [1.82, 2.24) is 5.32 Å². The Morgan fingerprint density at radius 3 is 2.71 bits per heavy atom. The minimum atomic E-state index is 0.626. The molecule has 1 aromatic rings. The topological polar surface area (TPSA) is 12.0 Å². The van der Waals surface area contributed by atoms with Crippen LogP contribution in [0, 0.1) is 5.92 Å². The minimum absolute atomic E-state index is 0.626. The molecule has 94 valence electrons. The minimum Gasteiger partial charge on any atom is -0.313 e. The van der Waals surface area contributed by atoms with Gasteiger partial charge < -0.3 is 5.32 Å². The van der Waals surface area contributed by atoms with Gasteiger partial charge in [0.1, 0.15) is 0 Å². The molecule has 1 atom stereocenters.